The van der Waals surface area contributed by atoms with Crippen LogP contribution in [0.1, 0.15) is 49.5 Å². The summed E-state index contributed by atoms with van der Waals surface area (Å²) in [5, 5.41) is 5.62. The molecule has 358 valence electrons. The number of rotatable bonds is 10. The molecular formula is C50H45F3N10O6S. The van der Waals surface area contributed by atoms with Crippen LogP contribution in [0.2, 0.25) is 0 Å². The molecule has 2 amide bonds. The third-order valence-corrected chi connectivity index (χ3v) is 13.5. The Bertz CT molecular complexity index is 3460. The van der Waals surface area contributed by atoms with Gasteiger partial charge in [0.1, 0.15) is 23.0 Å². The average molecular weight is 971 g/mol. The Hall–Kier alpha value is -7.68. The van der Waals surface area contributed by atoms with Crippen LogP contribution in [-0.2, 0) is 25.5 Å². The number of sulfone groups is 1. The van der Waals surface area contributed by atoms with E-state index in [1.807, 2.05) is 44.2 Å². The van der Waals surface area contributed by atoms with Crippen LogP contribution in [0.25, 0.3) is 44.5 Å². The van der Waals surface area contributed by atoms with E-state index in [0.717, 1.165) is 57.5 Å². The second kappa shape index (κ2) is 18.3. The van der Waals surface area contributed by atoms with Crippen molar-refractivity contribution in [2.45, 2.75) is 31.0 Å². The fourth-order valence-corrected chi connectivity index (χ4v) is 9.41. The molecule has 1 atom stereocenters. The molecule has 0 radical (unpaired) electrons. The number of H-pyrrole nitrogens is 2. The van der Waals surface area contributed by atoms with Crippen LogP contribution < -0.4 is 20.4 Å². The maximum absolute atomic E-state index is 13.4. The molecular weight excluding hydrogens is 926 g/mol. The SMILES string of the molecule is Cc1ccc(NC(=O)c2cccc(C(F)(F)F)c2)cc1-c1cc2[nH]c(C3CN(c4cc(-c5cc(NC(=O)c6cccc(S(C)(=O)=O)c6)cnc5C)cc5[nH]cnc45)CCO3)nc2c(N2CCOCC2)n1. The number of nitrogens with one attached hydrogen (secondary N) is 4. The number of aromatic amines is 2. The van der Waals surface area contributed by atoms with Crippen LogP contribution in [-0.4, -0.2) is 102 Å². The third-order valence-electron chi connectivity index (χ3n) is 12.4. The monoisotopic (exact) mass is 970 g/mol. The summed E-state index contributed by atoms with van der Waals surface area (Å²) in [6.07, 6.45) is -0.809. The molecule has 0 aliphatic carbocycles. The van der Waals surface area contributed by atoms with E-state index >= 15 is 0 Å². The molecule has 8 aromatic rings. The first kappa shape index (κ1) is 46.1. The van der Waals surface area contributed by atoms with Crippen LogP contribution in [0.5, 0.6) is 0 Å². The number of benzene rings is 4. The lowest BCUT2D eigenvalue weighted by Crippen LogP contribution is -2.39. The van der Waals surface area contributed by atoms with E-state index in [2.05, 4.69) is 35.4 Å². The highest BCUT2D eigenvalue weighted by Gasteiger charge is 2.32. The molecule has 2 saturated heterocycles. The van der Waals surface area contributed by atoms with Gasteiger partial charge >= 0.3 is 6.18 Å². The second-order valence-corrected chi connectivity index (χ2v) is 19.2. The van der Waals surface area contributed by atoms with Crippen LogP contribution in [0.4, 0.5) is 36.1 Å². The van der Waals surface area contributed by atoms with Gasteiger partial charge in [-0.15, -0.1) is 0 Å². The topological polar surface area (TPSA) is 200 Å². The Morgan fingerprint density at radius 2 is 1.50 bits per heavy atom. The number of imidazole rings is 2. The zero-order chi connectivity index (χ0) is 48.9. The van der Waals surface area contributed by atoms with Gasteiger partial charge in [0.2, 0.25) is 0 Å². The summed E-state index contributed by atoms with van der Waals surface area (Å²) in [6, 6.07) is 23.2. The average Bonchev–Trinajstić information content (AvgIpc) is 4.02. The highest BCUT2D eigenvalue weighted by Crippen LogP contribution is 2.38. The van der Waals surface area contributed by atoms with Gasteiger partial charge in [-0.2, -0.15) is 13.2 Å². The summed E-state index contributed by atoms with van der Waals surface area (Å²) < 4.78 is 76.8. The first-order valence-corrected chi connectivity index (χ1v) is 24.2. The lowest BCUT2D eigenvalue weighted by Gasteiger charge is -2.34. The number of carbonyl (C=O) groups is 2. The number of morpholine rings is 2. The Morgan fingerprint density at radius 3 is 2.27 bits per heavy atom. The Balaban J connectivity index is 0.946. The summed E-state index contributed by atoms with van der Waals surface area (Å²) in [5.74, 6) is 0.0650. The standard InChI is InChI=1S/C50H45F3N10O6S/c1-28-10-11-34(57-48(64)30-6-4-8-33(18-30)50(51,52)53)22-37(28)39-24-41-45(47(60-39)62-12-15-68-16-13-62)61-46(59-41)43-26-63(14-17-69-43)42-21-32(20-40-44(42)56-27-55-40)38-23-35(25-54-29(38)2)58-49(65)31-7-5-9-36(19-31)70(3,66)67/h4-11,18-25,27,43H,12-17,26H2,1-3H3,(H,55,56)(H,57,64)(H,58,65)(H,59,61). The number of aryl methyl sites for hydroxylation is 2. The maximum atomic E-state index is 13.4. The zero-order valence-electron chi connectivity index (χ0n) is 38.0. The van der Waals surface area contributed by atoms with Crippen molar-refractivity contribution in [2.75, 3.05) is 72.7 Å². The largest absolute Gasteiger partial charge is 0.416 e. The number of nitrogens with zero attached hydrogens (tertiary/aromatic N) is 6. The predicted octanol–water partition coefficient (Wildman–Crippen LogP) is 8.52. The number of aromatic nitrogens is 6. The van der Waals surface area contributed by atoms with Gasteiger partial charge in [-0.25, -0.2) is 23.4 Å². The lowest BCUT2D eigenvalue weighted by atomic mass is 10.0. The zero-order valence-corrected chi connectivity index (χ0v) is 38.8. The molecule has 20 heteroatoms. The van der Waals surface area contributed by atoms with Gasteiger partial charge in [-0.1, -0.05) is 18.2 Å². The van der Waals surface area contributed by atoms with Gasteiger partial charge in [0.15, 0.2) is 15.7 Å². The molecule has 0 spiro atoms. The number of halogens is 3. The minimum absolute atomic E-state index is 0.0416. The molecule has 10 rings (SSSR count). The lowest BCUT2D eigenvalue weighted by molar-refractivity contribution is -0.137. The molecule has 4 aromatic carbocycles. The number of anilines is 4. The number of amides is 2. The van der Waals surface area contributed by atoms with Gasteiger partial charge in [0, 0.05) is 59.5 Å². The van der Waals surface area contributed by atoms with Gasteiger partial charge in [0.05, 0.1) is 77.5 Å². The van der Waals surface area contributed by atoms with E-state index in [0.29, 0.717) is 91.3 Å². The quantitative estimate of drug-likeness (QED) is 0.102. The molecule has 0 saturated carbocycles. The fourth-order valence-electron chi connectivity index (χ4n) is 8.74. The molecule has 1 unspecified atom stereocenters. The normalized spacial score (nSPS) is 15.7. The third kappa shape index (κ3) is 9.39. The smallest absolute Gasteiger partial charge is 0.378 e. The van der Waals surface area contributed by atoms with Crippen LogP contribution >= 0.6 is 0 Å². The number of fused-ring (bicyclic) bond motifs is 2. The van der Waals surface area contributed by atoms with E-state index in [-0.39, 0.29) is 16.0 Å². The summed E-state index contributed by atoms with van der Waals surface area (Å²) in [6.45, 7) is 7.28. The molecule has 2 fully saturated rings. The molecule has 2 aliphatic heterocycles. The summed E-state index contributed by atoms with van der Waals surface area (Å²) in [5.41, 5.74) is 8.15. The minimum atomic E-state index is -4.59. The fraction of sp³-hybridized carbons (Fsp3) is 0.240. The number of carbonyl (C=O) groups excluding carboxylic acids is 2. The van der Waals surface area contributed by atoms with Crippen molar-refractivity contribution in [3.8, 4) is 22.4 Å². The van der Waals surface area contributed by atoms with Crippen LogP contribution in [0.3, 0.4) is 0 Å². The van der Waals surface area contributed by atoms with Gasteiger partial charge in [-0.3, -0.25) is 14.6 Å². The van der Waals surface area contributed by atoms with Crippen molar-refractivity contribution in [2.24, 2.45) is 0 Å². The van der Waals surface area contributed by atoms with Gasteiger partial charge < -0.3 is 39.9 Å². The first-order chi connectivity index (χ1) is 33.6. The molecule has 6 heterocycles. The number of hydrogen-bond donors (Lipinski definition) is 4. The van der Waals surface area contributed by atoms with Crippen molar-refractivity contribution >= 4 is 66.6 Å². The first-order valence-electron chi connectivity index (χ1n) is 22.3. The number of hydrogen-bond acceptors (Lipinski definition) is 12. The predicted molar refractivity (Wildman–Crippen MR) is 259 cm³/mol. The number of ether oxygens (including phenoxy) is 2. The Kier molecular flexibility index (Phi) is 12.1. The van der Waals surface area contributed by atoms with E-state index in [1.165, 1.54) is 30.3 Å². The molecule has 16 nitrogen and oxygen atoms in total. The number of alkyl halides is 3. The van der Waals surface area contributed by atoms with Crippen LogP contribution in [0, 0.1) is 13.8 Å². The summed E-state index contributed by atoms with van der Waals surface area (Å²) in [7, 11) is -3.52. The number of pyridine rings is 2. The molecule has 2 aliphatic rings. The second-order valence-electron chi connectivity index (χ2n) is 17.2. The van der Waals surface area contributed by atoms with Crippen LogP contribution in [0.15, 0.2) is 108 Å². The maximum Gasteiger partial charge on any atom is 0.416 e. The Labute approximate surface area is 399 Å². The van der Waals surface area contributed by atoms with E-state index in [4.69, 9.17) is 24.4 Å². The van der Waals surface area contributed by atoms with E-state index in [1.54, 1.807) is 30.7 Å². The Morgan fingerprint density at radius 1 is 0.771 bits per heavy atom. The van der Waals surface area contributed by atoms with Crippen molar-refractivity contribution < 1.29 is 40.7 Å². The van der Waals surface area contributed by atoms with Crippen molar-refractivity contribution in [1.82, 2.24) is 29.9 Å². The van der Waals surface area contributed by atoms with Crippen molar-refractivity contribution in [3.05, 3.63) is 137 Å². The van der Waals surface area contributed by atoms with Gasteiger partial charge in [-0.05, 0) is 97.8 Å². The molecule has 0 bridgehead atoms. The minimum Gasteiger partial charge on any atom is -0.378 e. The summed E-state index contributed by atoms with van der Waals surface area (Å²) >= 11 is 0. The highest BCUT2D eigenvalue weighted by molar-refractivity contribution is 7.90. The highest BCUT2D eigenvalue weighted by atomic mass is 32.2. The van der Waals surface area contributed by atoms with E-state index in [9.17, 15) is 31.2 Å². The molecule has 70 heavy (non-hydrogen) atoms. The molecule has 4 aromatic heterocycles. The van der Waals surface area contributed by atoms with E-state index < -0.39 is 39.5 Å². The summed E-state index contributed by atoms with van der Waals surface area (Å²) in [4.78, 5) is 57.3. The van der Waals surface area contributed by atoms with Gasteiger partial charge in [0.25, 0.3) is 11.8 Å². The van der Waals surface area contributed by atoms with Crippen molar-refractivity contribution in [3.63, 3.8) is 0 Å². The molecule has 4 N–H and O–H groups in total. The van der Waals surface area contributed by atoms with Crippen molar-refractivity contribution in [1.29, 1.82) is 0 Å².